The van der Waals surface area contributed by atoms with Crippen molar-refractivity contribution in [3.05, 3.63) is 0 Å². The number of likely N-dealkylation sites (tertiary alicyclic amines) is 1. The fourth-order valence-electron chi connectivity index (χ4n) is 3.67. The van der Waals surface area contributed by atoms with E-state index in [4.69, 9.17) is 0 Å². The van der Waals surface area contributed by atoms with E-state index < -0.39 is 18.1 Å². The molecular formula is C17H27F3N2O2. The zero-order valence-corrected chi connectivity index (χ0v) is 14.0. The van der Waals surface area contributed by atoms with E-state index >= 15 is 0 Å². The minimum absolute atomic E-state index is 0.0313. The molecule has 7 heteroatoms. The molecule has 1 saturated heterocycles. The molecule has 1 heterocycles. The maximum absolute atomic E-state index is 12.9. The zero-order chi connectivity index (χ0) is 17.6. The quantitative estimate of drug-likeness (QED) is 0.845. The second-order valence-corrected chi connectivity index (χ2v) is 6.90. The molecule has 0 unspecified atom stereocenters. The van der Waals surface area contributed by atoms with E-state index in [1.165, 1.54) is 19.3 Å². The SMILES string of the molecule is O=C(CCC(=O)N1CCC[C@H]1C(F)(F)F)NC1CCCCCCC1. The van der Waals surface area contributed by atoms with Crippen molar-refractivity contribution >= 4 is 11.8 Å². The molecule has 0 bridgehead atoms. The minimum atomic E-state index is -4.38. The molecular weight excluding hydrogens is 321 g/mol. The van der Waals surface area contributed by atoms with Gasteiger partial charge < -0.3 is 10.2 Å². The third-order valence-corrected chi connectivity index (χ3v) is 4.99. The van der Waals surface area contributed by atoms with Crippen LogP contribution in [0.3, 0.4) is 0 Å². The molecule has 2 fully saturated rings. The molecule has 1 aliphatic carbocycles. The van der Waals surface area contributed by atoms with Gasteiger partial charge in [-0.05, 0) is 25.7 Å². The number of hydrogen-bond donors (Lipinski definition) is 1. The van der Waals surface area contributed by atoms with Crippen LogP contribution in [0.4, 0.5) is 13.2 Å². The number of hydrogen-bond acceptors (Lipinski definition) is 2. The van der Waals surface area contributed by atoms with Crippen LogP contribution in [0.25, 0.3) is 0 Å². The van der Waals surface area contributed by atoms with Gasteiger partial charge in [-0.15, -0.1) is 0 Å². The molecule has 1 atom stereocenters. The molecule has 4 nitrogen and oxygen atoms in total. The molecule has 0 aromatic heterocycles. The van der Waals surface area contributed by atoms with Crippen molar-refractivity contribution in [3.8, 4) is 0 Å². The van der Waals surface area contributed by atoms with E-state index in [9.17, 15) is 22.8 Å². The van der Waals surface area contributed by atoms with E-state index in [-0.39, 0.29) is 37.8 Å². The van der Waals surface area contributed by atoms with Crippen molar-refractivity contribution < 1.29 is 22.8 Å². The van der Waals surface area contributed by atoms with Gasteiger partial charge in [0.15, 0.2) is 0 Å². The number of carbonyl (C=O) groups is 2. The van der Waals surface area contributed by atoms with Crippen molar-refractivity contribution in [3.63, 3.8) is 0 Å². The third kappa shape index (κ3) is 5.67. The van der Waals surface area contributed by atoms with Crippen molar-refractivity contribution in [2.45, 2.75) is 88.9 Å². The van der Waals surface area contributed by atoms with Crippen LogP contribution in [0.1, 0.15) is 70.6 Å². The Morgan fingerprint density at radius 2 is 1.54 bits per heavy atom. The molecule has 1 aliphatic heterocycles. The molecule has 24 heavy (non-hydrogen) atoms. The van der Waals surface area contributed by atoms with Crippen LogP contribution in [0.15, 0.2) is 0 Å². The lowest BCUT2D eigenvalue weighted by atomic mass is 9.96. The van der Waals surface area contributed by atoms with Crippen LogP contribution in [-0.2, 0) is 9.59 Å². The molecule has 0 spiro atoms. The number of nitrogens with one attached hydrogen (secondary N) is 1. The van der Waals surface area contributed by atoms with Gasteiger partial charge in [0.2, 0.25) is 11.8 Å². The predicted octanol–water partition coefficient (Wildman–Crippen LogP) is 3.55. The summed E-state index contributed by atoms with van der Waals surface area (Å²) in [5, 5.41) is 2.94. The van der Waals surface area contributed by atoms with Crippen LogP contribution in [0.5, 0.6) is 0 Å². The summed E-state index contributed by atoms with van der Waals surface area (Å²) in [7, 11) is 0. The second-order valence-electron chi connectivity index (χ2n) is 6.90. The number of halogens is 3. The highest BCUT2D eigenvalue weighted by atomic mass is 19.4. The molecule has 1 N–H and O–H groups in total. The summed E-state index contributed by atoms with van der Waals surface area (Å²) in [6.45, 7) is 0.132. The minimum Gasteiger partial charge on any atom is -0.353 e. The molecule has 0 aromatic carbocycles. The summed E-state index contributed by atoms with van der Waals surface area (Å²) in [5.41, 5.74) is 0. The number of carbonyl (C=O) groups excluding carboxylic acids is 2. The smallest absolute Gasteiger partial charge is 0.353 e. The average molecular weight is 348 g/mol. The lowest BCUT2D eigenvalue weighted by Crippen LogP contribution is -2.45. The summed E-state index contributed by atoms with van der Waals surface area (Å²) >= 11 is 0. The monoisotopic (exact) mass is 348 g/mol. The number of alkyl halides is 3. The van der Waals surface area contributed by atoms with Gasteiger partial charge >= 0.3 is 6.18 Å². The van der Waals surface area contributed by atoms with E-state index in [1.807, 2.05) is 0 Å². The fourth-order valence-corrected chi connectivity index (χ4v) is 3.67. The van der Waals surface area contributed by atoms with Gasteiger partial charge in [-0.3, -0.25) is 9.59 Å². The highest BCUT2D eigenvalue weighted by Gasteiger charge is 2.47. The lowest BCUT2D eigenvalue weighted by Gasteiger charge is -2.26. The van der Waals surface area contributed by atoms with Crippen molar-refractivity contribution in [1.82, 2.24) is 10.2 Å². The van der Waals surface area contributed by atoms with Gasteiger partial charge in [0.25, 0.3) is 0 Å². The van der Waals surface area contributed by atoms with Crippen LogP contribution in [0, 0.1) is 0 Å². The Bertz CT molecular complexity index is 432. The van der Waals surface area contributed by atoms with Crippen molar-refractivity contribution in [1.29, 1.82) is 0 Å². The Balaban J connectivity index is 1.75. The van der Waals surface area contributed by atoms with Gasteiger partial charge in [-0.25, -0.2) is 0 Å². The summed E-state index contributed by atoms with van der Waals surface area (Å²) in [4.78, 5) is 24.9. The number of amides is 2. The van der Waals surface area contributed by atoms with Gasteiger partial charge in [0.05, 0.1) is 0 Å². The third-order valence-electron chi connectivity index (χ3n) is 4.99. The summed E-state index contributed by atoms with van der Waals surface area (Å²) < 4.78 is 38.6. The first-order valence-corrected chi connectivity index (χ1v) is 9.03. The normalized spacial score (nSPS) is 23.6. The molecule has 138 valence electrons. The topological polar surface area (TPSA) is 49.4 Å². The van der Waals surface area contributed by atoms with E-state index in [1.54, 1.807) is 0 Å². The largest absolute Gasteiger partial charge is 0.408 e. The van der Waals surface area contributed by atoms with Crippen molar-refractivity contribution in [2.24, 2.45) is 0 Å². The number of nitrogens with zero attached hydrogens (tertiary/aromatic N) is 1. The summed E-state index contributed by atoms with van der Waals surface area (Å²) in [5.74, 6) is -0.792. The molecule has 2 amide bonds. The van der Waals surface area contributed by atoms with E-state index in [0.717, 1.165) is 30.6 Å². The molecule has 0 radical (unpaired) electrons. The van der Waals surface area contributed by atoms with E-state index in [0.29, 0.717) is 6.42 Å². The zero-order valence-electron chi connectivity index (χ0n) is 14.0. The predicted molar refractivity (Wildman–Crippen MR) is 84.3 cm³/mol. The Kier molecular flexibility index (Phi) is 6.92. The second kappa shape index (κ2) is 8.72. The van der Waals surface area contributed by atoms with Crippen LogP contribution < -0.4 is 5.32 Å². The maximum Gasteiger partial charge on any atom is 0.408 e. The van der Waals surface area contributed by atoms with Crippen LogP contribution >= 0.6 is 0 Å². The first-order chi connectivity index (χ1) is 11.4. The first kappa shape index (κ1) is 19.1. The fraction of sp³-hybridized carbons (Fsp3) is 0.882. The Hall–Kier alpha value is -1.27. The number of rotatable bonds is 4. The van der Waals surface area contributed by atoms with Gasteiger partial charge in [0.1, 0.15) is 6.04 Å². The lowest BCUT2D eigenvalue weighted by molar-refractivity contribution is -0.182. The van der Waals surface area contributed by atoms with Crippen molar-refractivity contribution in [2.75, 3.05) is 6.54 Å². The van der Waals surface area contributed by atoms with Gasteiger partial charge in [-0.2, -0.15) is 13.2 Å². The molecule has 0 aromatic rings. The standard InChI is InChI=1S/C17H27F3N2O2/c18-17(19,20)14-9-6-12-22(14)16(24)11-10-15(23)21-13-7-4-2-1-3-5-8-13/h13-14H,1-12H2,(H,21,23)/t14-/m0/s1. The Labute approximate surface area is 141 Å². The summed E-state index contributed by atoms with van der Waals surface area (Å²) in [6.07, 6.45) is 3.44. The van der Waals surface area contributed by atoms with Crippen LogP contribution in [0.2, 0.25) is 0 Å². The first-order valence-electron chi connectivity index (χ1n) is 9.03. The average Bonchev–Trinajstić information content (AvgIpc) is 2.97. The Morgan fingerprint density at radius 3 is 2.17 bits per heavy atom. The molecule has 1 saturated carbocycles. The molecule has 2 rings (SSSR count). The van der Waals surface area contributed by atoms with Gasteiger partial charge in [-0.1, -0.05) is 32.1 Å². The summed E-state index contributed by atoms with van der Waals surface area (Å²) in [6, 6.07) is -1.54. The maximum atomic E-state index is 12.9. The van der Waals surface area contributed by atoms with E-state index in [2.05, 4.69) is 5.32 Å². The highest BCUT2D eigenvalue weighted by Crippen LogP contribution is 2.33. The van der Waals surface area contributed by atoms with Crippen LogP contribution in [-0.4, -0.2) is 41.5 Å². The highest BCUT2D eigenvalue weighted by molar-refractivity contribution is 5.84. The molecule has 2 aliphatic rings. The van der Waals surface area contributed by atoms with Gasteiger partial charge in [0, 0.05) is 25.4 Å². The Morgan fingerprint density at radius 1 is 0.917 bits per heavy atom.